The van der Waals surface area contributed by atoms with E-state index in [0.29, 0.717) is 11.2 Å². The molecule has 1 saturated heterocycles. The number of hydrogen-bond donors (Lipinski definition) is 2. The summed E-state index contributed by atoms with van der Waals surface area (Å²) in [6.45, 7) is 3.53. The van der Waals surface area contributed by atoms with Crippen molar-refractivity contribution in [3.63, 3.8) is 0 Å². The van der Waals surface area contributed by atoms with Crippen molar-refractivity contribution in [2.24, 2.45) is 5.84 Å². The summed E-state index contributed by atoms with van der Waals surface area (Å²) in [7, 11) is 0. The molecule has 6 heteroatoms. The highest BCUT2D eigenvalue weighted by molar-refractivity contribution is 8.00. The summed E-state index contributed by atoms with van der Waals surface area (Å²) in [6, 6.07) is 1.95. The highest BCUT2D eigenvalue weighted by atomic mass is 32.2. The van der Waals surface area contributed by atoms with E-state index < -0.39 is 0 Å². The first-order valence-electron chi connectivity index (χ1n) is 4.34. The maximum atomic E-state index is 5.26. The normalized spacial score (nSPS) is 16.4. The number of nitrogen functional groups attached to an aromatic ring is 1. The van der Waals surface area contributed by atoms with Crippen LogP contribution in [0.15, 0.2) is 11.1 Å². The van der Waals surface area contributed by atoms with Crippen LogP contribution in [0.5, 0.6) is 0 Å². The molecular formula is C8H12N4OS. The molecule has 0 spiro atoms. The third kappa shape index (κ3) is 2.14. The second kappa shape index (κ2) is 4.12. The number of aryl methyl sites for hydroxylation is 1. The number of nitrogens with zero attached hydrogens (tertiary/aromatic N) is 2. The highest BCUT2D eigenvalue weighted by Crippen LogP contribution is 2.27. The summed E-state index contributed by atoms with van der Waals surface area (Å²) in [5.74, 6) is 5.72. The molecular weight excluding hydrogens is 200 g/mol. The Bertz CT molecular complexity index is 329. The molecule has 0 aromatic carbocycles. The molecule has 0 saturated carbocycles. The van der Waals surface area contributed by atoms with Gasteiger partial charge in [0.2, 0.25) is 5.95 Å². The summed E-state index contributed by atoms with van der Waals surface area (Å²) in [5, 5.41) is 1.47. The van der Waals surface area contributed by atoms with Crippen LogP contribution in [0.25, 0.3) is 0 Å². The number of anilines is 1. The zero-order chi connectivity index (χ0) is 9.97. The summed E-state index contributed by atoms with van der Waals surface area (Å²) in [4.78, 5) is 8.35. The van der Waals surface area contributed by atoms with Gasteiger partial charge in [-0.2, -0.15) is 0 Å². The van der Waals surface area contributed by atoms with E-state index >= 15 is 0 Å². The largest absolute Gasteiger partial charge is 0.379 e. The van der Waals surface area contributed by atoms with E-state index in [0.717, 1.165) is 23.9 Å². The Balaban J connectivity index is 2.11. The van der Waals surface area contributed by atoms with Crippen LogP contribution in [0.3, 0.4) is 0 Å². The number of rotatable bonds is 3. The monoisotopic (exact) mass is 212 g/mol. The van der Waals surface area contributed by atoms with Gasteiger partial charge in [0, 0.05) is 5.69 Å². The van der Waals surface area contributed by atoms with Crippen molar-refractivity contribution in [3.05, 3.63) is 11.8 Å². The fraction of sp³-hybridized carbons (Fsp3) is 0.500. The van der Waals surface area contributed by atoms with Crippen molar-refractivity contribution in [3.8, 4) is 0 Å². The first-order chi connectivity index (χ1) is 6.78. The minimum absolute atomic E-state index is 0.466. The molecule has 0 unspecified atom stereocenters. The van der Waals surface area contributed by atoms with Crippen molar-refractivity contribution in [2.75, 3.05) is 18.6 Å². The van der Waals surface area contributed by atoms with E-state index in [1.54, 1.807) is 11.8 Å². The predicted molar refractivity (Wildman–Crippen MR) is 55.0 cm³/mol. The van der Waals surface area contributed by atoms with Crippen LogP contribution in [0.1, 0.15) is 5.69 Å². The summed E-state index contributed by atoms with van der Waals surface area (Å²) >= 11 is 1.70. The van der Waals surface area contributed by atoms with Gasteiger partial charge >= 0.3 is 0 Å². The van der Waals surface area contributed by atoms with Crippen molar-refractivity contribution < 1.29 is 4.74 Å². The number of ether oxygens (including phenoxy) is 1. The molecule has 1 aliphatic rings. The fourth-order valence-electron chi connectivity index (χ4n) is 1.12. The van der Waals surface area contributed by atoms with Gasteiger partial charge in [-0.05, 0) is 13.0 Å². The summed E-state index contributed by atoms with van der Waals surface area (Å²) in [5.41, 5.74) is 3.36. The van der Waals surface area contributed by atoms with Crippen molar-refractivity contribution in [1.82, 2.24) is 9.97 Å². The van der Waals surface area contributed by atoms with Crippen LogP contribution in [0.4, 0.5) is 5.95 Å². The Kier molecular flexibility index (Phi) is 2.85. The number of nitrogens with two attached hydrogens (primary N) is 1. The fourth-order valence-corrected chi connectivity index (χ4v) is 2.17. The minimum atomic E-state index is 0.466. The zero-order valence-electron chi connectivity index (χ0n) is 7.86. The lowest BCUT2D eigenvalue weighted by molar-refractivity contribution is 0.0454. The first kappa shape index (κ1) is 9.70. The molecule has 2 heterocycles. The van der Waals surface area contributed by atoms with Gasteiger partial charge in [-0.1, -0.05) is 11.8 Å². The van der Waals surface area contributed by atoms with Crippen molar-refractivity contribution in [1.29, 1.82) is 0 Å². The third-order valence-corrected chi connectivity index (χ3v) is 2.91. The highest BCUT2D eigenvalue weighted by Gasteiger charge is 2.20. The lowest BCUT2D eigenvalue weighted by Crippen LogP contribution is -2.30. The third-order valence-electron chi connectivity index (χ3n) is 1.85. The van der Waals surface area contributed by atoms with Gasteiger partial charge in [-0.3, -0.25) is 5.43 Å². The molecule has 0 bridgehead atoms. The average molecular weight is 212 g/mol. The minimum Gasteiger partial charge on any atom is -0.379 e. The topological polar surface area (TPSA) is 73.1 Å². The van der Waals surface area contributed by atoms with Crippen LogP contribution in [0, 0.1) is 6.92 Å². The van der Waals surface area contributed by atoms with Gasteiger partial charge < -0.3 is 4.74 Å². The van der Waals surface area contributed by atoms with Crippen LogP contribution in [0.2, 0.25) is 0 Å². The van der Waals surface area contributed by atoms with Crippen molar-refractivity contribution in [2.45, 2.75) is 17.2 Å². The van der Waals surface area contributed by atoms with Gasteiger partial charge in [-0.25, -0.2) is 15.8 Å². The average Bonchev–Trinajstić information content (AvgIpc) is 2.10. The van der Waals surface area contributed by atoms with Gasteiger partial charge in [-0.15, -0.1) is 0 Å². The molecule has 5 nitrogen and oxygen atoms in total. The molecule has 0 atom stereocenters. The molecule has 14 heavy (non-hydrogen) atoms. The van der Waals surface area contributed by atoms with Gasteiger partial charge in [0.15, 0.2) is 0 Å². The number of thioether (sulfide) groups is 1. The Morgan fingerprint density at radius 3 is 2.93 bits per heavy atom. The molecule has 76 valence electrons. The Hall–Kier alpha value is -0.850. The molecule has 0 amide bonds. The van der Waals surface area contributed by atoms with E-state index in [4.69, 9.17) is 10.6 Å². The molecule has 1 aromatic heterocycles. The standard InChI is InChI=1S/C8H12N4OS/c1-5-2-7(11-8(10-5)12-9)14-6-3-13-4-6/h2,6H,3-4,9H2,1H3,(H,10,11,12). The second-order valence-corrected chi connectivity index (χ2v) is 4.41. The van der Waals surface area contributed by atoms with Gasteiger partial charge in [0.1, 0.15) is 5.03 Å². The van der Waals surface area contributed by atoms with Crippen molar-refractivity contribution >= 4 is 17.7 Å². The Labute approximate surface area is 86.4 Å². The maximum Gasteiger partial charge on any atom is 0.238 e. The molecule has 3 N–H and O–H groups in total. The summed E-state index contributed by atoms with van der Waals surface area (Å²) in [6.07, 6.45) is 0. The van der Waals surface area contributed by atoms with E-state index in [-0.39, 0.29) is 0 Å². The maximum absolute atomic E-state index is 5.26. The Morgan fingerprint density at radius 1 is 1.57 bits per heavy atom. The number of nitrogens with one attached hydrogen (secondary N) is 1. The van der Waals surface area contributed by atoms with E-state index in [2.05, 4.69) is 15.4 Å². The Morgan fingerprint density at radius 2 is 2.36 bits per heavy atom. The lowest BCUT2D eigenvalue weighted by Gasteiger charge is -2.24. The SMILES string of the molecule is Cc1cc(SC2COC2)nc(NN)n1. The quantitative estimate of drug-likeness (QED) is 0.433. The van der Waals surface area contributed by atoms with Gasteiger partial charge in [0.25, 0.3) is 0 Å². The second-order valence-electron chi connectivity index (χ2n) is 3.09. The van der Waals surface area contributed by atoms with Crippen LogP contribution < -0.4 is 11.3 Å². The van der Waals surface area contributed by atoms with Crippen LogP contribution >= 0.6 is 11.8 Å². The molecule has 0 radical (unpaired) electrons. The van der Waals surface area contributed by atoms with E-state index in [1.807, 2.05) is 13.0 Å². The predicted octanol–water partition coefficient (Wildman–Crippen LogP) is 0.562. The van der Waals surface area contributed by atoms with Crippen LogP contribution in [-0.4, -0.2) is 28.4 Å². The van der Waals surface area contributed by atoms with Crippen LogP contribution in [-0.2, 0) is 4.74 Å². The zero-order valence-corrected chi connectivity index (χ0v) is 8.67. The number of hydrazine groups is 1. The lowest BCUT2D eigenvalue weighted by atomic mass is 10.4. The molecule has 1 aliphatic heterocycles. The van der Waals surface area contributed by atoms with E-state index in [9.17, 15) is 0 Å². The van der Waals surface area contributed by atoms with Gasteiger partial charge in [0.05, 0.1) is 18.5 Å². The number of hydrogen-bond acceptors (Lipinski definition) is 6. The smallest absolute Gasteiger partial charge is 0.238 e. The summed E-state index contributed by atoms with van der Waals surface area (Å²) < 4.78 is 5.09. The molecule has 2 rings (SSSR count). The van der Waals surface area contributed by atoms with E-state index in [1.165, 1.54) is 0 Å². The first-order valence-corrected chi connectivity index (χ1v) is 5.22. The molecule has 1 aromatic rings. The molecule has 0 aliphatic carbocycles. The molecule has 1 fully saturated rings. The number of aromatic nitrogens is 2.